The number of hydrogen-bond acceptors (Lipinski definition) is 4. The maximum Gasteiger partial charge on any atom is 0.312 e. The maximum atomic E-state index is 12.9. The van der Waals surface area contributed by atoms with Crippen LogP contribution >= 0.6 is 0 Å². The summed E-state index contributed by atoms with van der Waals surface area (Å²) in [7, 11) is 3.00. The Bertz CT molecular complexity index is 573. The van der Waals surface area contributed by atoms with Crippen molar-refractivity contribution in [2.24, 2.45) is 16.7 Å². The van der Waals surface area contributed by atoms with E-state index in [1.54, 1.807) is 31.4 Å². The molecule has 0 aromatic heterocycles. The van der Waals surface area contributed by atoms with Crippen LogP contribution in [-0.2, 0) is 9.53 Å². The highest BCUT2D eigenvalue weighted by Gasteiger charge is 2.58. The van der Waals surface area contributed by atoms with E-state index in [0.717, 1.165) is 5.75 Å². The minimum atomic E-state index is -0.630. The van der Waals surface area contributed by atoms with E-state index in [0.29, 0.717) is 18.4 Å². The molecule has 2 atom stereocenters. The van der Waals surface area contributed by atoms with Crippen LogP contribution in [0.1, 0.15) is 44.0 Å². The fourth-order valence-corrected chi connectivity index (χ4v) is 3.51. The summed E-state index contributed by atoms with van der Waals surface area (Å²) in [6, 6.07) is 7.14. The molecule has 1 fully saturated rings. The number of benzene rings is 1. The molecule has 1 aliphatic carbocycles. The van der Waals surface area contributed by atoms with Gasteiger partial charge in [-0.05, 0) is 49.4 Å². The van der Waals surface area contributed by atoms with Crippen LogP contribution in [-0.4, -0.2) is 26.0 Å². The van der Waals surface area contributed by atoms with E-state index in [4.69, 9.17) is 9.47 Å². The van der Waals surface area contributed by atoms with Gasteiger partial charge in [0.2, 0.25) is 0 Å². The summed E-state index contributed by atoms with van der Waals surface area (Å²) in [5.74, 6) is 0.384. The van der Waals surface area contributed by atoms with Crippen LogP contribution in [0.5, 0.6) is 5.75 Å². The predicted octanol–water partition coefficient (Wildman–Crippen LogP) is 3.49. The quantitative estimate of drug-likeness (QED) is 0.631. The molecule has 1 aromatic rings. The van der Waals surface area contributed by atoms with Crippen molar-refractivity contribution in [2.45, 2.75) is 33.6 Å². The summed E-state index contributed by atoms with van der Waals surface area (Å²) in [5.41, 5.74) is -0.418. The van der Waals surface area contributed by atoms with Crippen molar-refractivity contribution in [3.8, 4) is 5.75 Å². The minimum Gasteiger partial charge on any atom is -0.497 e. The Kier molecular flexibility index (Phi) is 4.32. The van der Waals surface area contributed by atoms with Gasteiger partial charge in [-0.15, -0.1) is 0 Å². The van der Waals surface area contributed by atoms with Crippen molar-refractivity contribution in [3.63, 3.8) is 0 Å². The summed E-state index contributed by atoms with van der Waals surface area (Å²) in [6.07, 6.45) is 1.36. The van der Waals surface area contributed by atoms with E-state index in [2.05, 4.69) is 0 Å². The number of esters is 1. The maximum absolute atomic E-state index is 12.9. The zero-order chi connectivity index (χ0) is 16.5. The van der Waals surface area contributed by atoms with Crippen molar-refractivity contribution >= 4 is 11.8 Å². The lowest BCUT2D eigenvalue weighted by Gasteiger charge is -2.38. The smallest absolute Gasteiger partial charge is 0.312 e. The first-order valence-electron chi connectivity index (χ1n) is 7.54. The molecule has 22 heavy (non-hydrogen) atoms. The van der Waals surface area contributed by atoms with Crippen LogP contribution in [0.3, 0.4) is 0 Å². The Balaban J connectivity index is 2.29. The second kappa shape index (κ2) is 5.75. The van der Waals surface area contributed by atoms with Crippen molar-refractivity contribution in [3.05, 3.63) is 29.8 Å². The Labute approximate surface area is 131 Å². The van der Waals surface area contributed by atoms with Gasteiger partial charge in [0.1, 0.15) is 5.75 Å². The van der Waals surface area contributed by atoms with Crippen molar-refractivity contribution in [1.82, 2.24) is 0 Å². The molecule has 120 valence electrons. The van der Waals surface area contributed by atoms with Crippen LogP contribution < -0.4 is 4.74 Å². The highest BCUT2D eigenvalue weighted by molar-refractivity contribution is 5.99. The third kappa shape index (κ3) is 2.40. The zero-order valence-electron chi connectivity index (χ0n) is 13.9. The molecule has 0 bridgehead atoms. The molecule has 4 nitrogen and oxygen atoms in total. The van der Waals surface area contributed by atoms with Gasteiger partial charge in [-0.1, -0.05) is 13.8 Å². The monoisotopic (exact) mass is 304 g/mol. The number of Topliss-reactive ketones (excluding diaryl/α,β-unsaturated/α-hetero) is 1. The minimum absolute atomic E-state index is 0.0836. The average molecular weight is 304 g/mol. The SMILES string of the molecule is COC(=O)[C@@]1(C)CCC(C(=O)c2ccc(OC)cc2)C1(C)C. The Morgan fingerprint density at radius 3 is 2.18 bits per heavy atom. The van der Waals surface area contributed by atoms with Crippen molar-refractivity contribution in [2.75, 3.05) is 14.2 Å². The van der Waals surface area contributed by atoms with Crippen LogP contribution in [0.15, 0.2) is 24.3 Å². The van der Waals surface area contributed by atoms with Gasteiger partial charge in [0, 0.05) is 11.5 Å². The fourth-order valence-electron chi connectivity index (χ4n) is 3.51. The summed E-state index contributed by atoms with van der Waals surface area (Å²) in [4.78, 5) is 25.1. The Hall–Kier alpha value is -1.84. The lowest BCUT2D eigenvalue weighted by Crippen LogP contribution is -2.43. The molecular formula is C18H24O4. The highest BCUT2D eigenvalue weighted by atomic mass is 16.5. The van der Waals surface area contributed by atoms with Gasteiger partial charge in [0.05, 0.1) is 19.6 Å². The van der Waals surface area contributed by atoms with Gasteiger partial charge in [-0.3, -0.25) is 9.59 Å². The number of hydrogen-bond donors (Lipinski definition) is 0. The van der Waals surface area contributed by atoms with E-state index in [1.807, 2.05) is 20.8 Å². The van der Waals surface area contributed by atoms with E-state index in [9.17, 15) is 9.59 Å². The van der Waals surface area contributed by atoms with E-state index < -0.39 is 10.8 Å². The second-order valence-corrected chi connectivity index (χ2v) is 6.73. The zero-order valence-corrected chi connectivity index (χ0v) is 13.9. The summed E-state index contributed by atoms with van der Waals surface area (Å²) in [5, 5.41) is 0. The van der Waals surface area contributed by atoms with Crippen LogP contribution in [0.25, 0.3) is 0 Å². The molecular weight excluding hydrogens is 280 g/mol. The first-order chi connectivity index (χ1) is 10.3. The molecule has 0 radical (unpaired) electrons. The molecule has 1 aromatic carbocycles. The third-order valence-electron chi connectivity index (χ3n) is 5.55. The second-order valence-electron chi connectivity index (χ2n) is 6.73. The molecule has 0 aliphatic heterocycles. The standard InChI is InChI=1S/C18H24O4/c1-17(2)14(10-11-18(17,3)16(20)22-5)15(19)12-6-8-13(21-4)9-7-12/h6-9,14H,10-11H2,1-5H3/t14?,18-/m1/s1. The van der Waals surface area contributed by atoms with Crippen LogP contribution in [0.4, 0.5) is 0 Å². The molecule has 0 spiro atoms. The van der Waals surface area contributed by atoms with Gasteiger partial charge < -0.3 is 9.47 Å². The number of carbonyl (C=O) groups excluding carboxylic acids is 2. The number of ketones is 1. The topological polar surface area (TPSA) is 52.6 Å². The van der Waals surface area contributed by atoms with Crippen LogP contribution in [0, 0.1) is 16.7 Å². The normalized spacial score (nSPS) is 26.5. The molecule has 0 saturated heterocycles. The van der Waals surface area contributed by atoms with E-state index >= 15 is 0 Å². The number of ether oxygens (including phenoxy) is 2. The van der Waals surface area contributed by atoms with Gasteiger partial charge >= 0.3 is 5.97 Å². The summed E-state index contributed by atoms with van der Waals surface area (Å²) < 4.78 is 10.1. The first-order valence-corrected chi connectivity index (χ1v) is 7.54. The molecule has 0 amide bonds. The molecule has 2 rings (SSSR count). The average Bonchev–Trinajstić information content (AvgIpc) is 2.77. The van der Waals surface area contributed by atoms with Gasteiger partial charge in [-0.25, -0.2) is 0 Å². The molecule has 0 heterocycles. The molecule has 1 aliphatic rings. The van der Waals surface area contributed by atoms with Gasteiger partial charge in [0.25, 0.3) is 0 Å². The highest BCUT2D eigenvalue weighted by Crippen LogP contribution is 2.57. The molecule has 1 saturated carbocycles. The first kappa shape index (κ1) is 16.5. The number of carbonyl (C=O) groups is 2. The molecule has 0 N–H and O–H groups in total. The van der Waals surface area contributed by atoms with E-state index in [1.165, 1.54) is 7.11 Å². The Morgan fingerprint density at radius 2 is 1.68 bits per heavy atom. The molecule has 4 heteroatoms. The summed E-state index contributed by atoms with van der Waals surface area (Å²) >= 11 is 0. The van der Waals surface area contributed by atoms with E-state index in [-0.39, 0.29) is 17.7 Å². The predicted molar refractivity (Wildman–Crippen MR) is 84.0 cm³/mol. The lowest BCUT2D eigenvalue weighted by atomic mass is 9.64. The van der Waals surface area contributed by atoms with Gasteiger partial charge in [0.15, 0.2) is 5.78 Å². The van der Waals surface area contributed by atoms with Crippen LogP contribution in [0.2, 0.25) is 0 Å². The van der Waals surface area contributed by atoms with Gasteiger partial charge in [-0.2, -0.15) is 0 Å². The van der Waals surface area contributed by atoms with Crippen molar-refractivity contribution in [1.29, 1.82) is 0 Å². The van der Waals surface area contributed by atoms with Crippen molar-refractivity contribution < 1.29 is 19.1 Å². The third-order valence-corrected chi connectivity index (χ3v) is 5.55. The Morgan fingerprint density at radius 1 is 1.09 bits per heavy atom. The lowest BCUT2D eigenvalue weighted by molar-refractivity contribution is -0.157. The fraction of sp³-hybridized carbons (Fsp3) is 0.556. The summed E-state index contributed by atoms with van der Waals surface area (Å²) in [6.45, 7) is 5.88. The number of methoxy groups -OCH3 is 2. The molecule has 1 unspecified atom stereocenters. The number of rotatable bonds is 4. The largest absolute Gasteiger partial charge is 0.497 e.